The van der Waals surface area contributed by atoms with E-state index in [-0.39, 0.29) is 6.54 Å². The third-order valence-electron chi connectivity index (χ3n) is 1.50. The number of hydrogen-bond donors (Lipinski definition) is 2. The Morgan fingerprint density at radius 3 is 2.50 bits per heavy atom. The second kappa shape index (κ2) is 6.79. The average molecular weight is 172 g/mol. The summed E-state index contributed by atoms with van der Waals surface area (Å²) in [6.45, 7) is 2.44. The zero-order chi connectivity index (χ0) is 9.40. The van der Waals surface area contributed by atoms with Gasteiger partial charge in [-0.3, -0.25) is 9.59 Å². The minimum atomic E-state index is -0.561. The summed E-state index contributed by atoms with van der Waals surface area (Å²) in [6.07, 6.45) is 3.08. The number of Topliss-reactive ketones (excluding diaryl/α,β-unsaturated/α-hetero) is 1. The lowest BCUT2D eigenvalue weighted by Gasteiger charge is -2.01. The molecular weight excluding hydrogens is 156 g/mol. The van der Waals surface area contributed by atoms with Gasteiger partial charge < -0.3 is 11.1 Å². The molecule has 0 heterocycles. The molecule has 0 aliphatic rings. The van der Waals surface area contributed by atoms with E-state index in [1.165, 1.54) is 0 Å². The van der Waals surface area contributed by atoms with Crippen molar-refractivity contribution in [3.63, 3.8) is 0 Å². The lowest BCUT2D eigenvalue weighted by atomic mass is 10.2. The minimum Gasteiger partial charge on any atom is -0.349 e. The first-order chi connectivity index (χ1) is 5.72. The highest BCUT2D eigenvalue weighted by Crippen LogP contribution is 1.90. The van der Waals surface area contributed by atoms with Crippen molar-refractivity contribution in [2.45, 2.75) is 26.2 Å². The van der Waals surface area contributed by atoms with Gasteiger partial charge in [0.25, 0.3) is 5.91 Å². The lowest BCUT2D eigenvalue weighted by molar-refractivity contribution is -0.137. The van der Waals surface area contributed by atoms with Crippen molar-refractivity contribution in [2.24, 2.45) is 5.73 Å². The van der Waals surface area contributed by atoms with Gasteiger partial charge in [-0.05, 0) is 6.42 Å². The van der Waals surface area contributed by atoms with E-state index >= 15 is 0 Å². The number of unbranched alkanes of at least 4 members (excludes halogenated alkanes) is 2. The van der Waals surface area contributed by atoms with Crippen LogP contribution in [-0.4, -0.2) is 24.8 Å². The van der Waals surface area contributed by atoms with Gasteiger partial charge in [0.1, 0.15) is 0 Å². The predicted molar refractivity (Wildman–Crippen MR) is 46.6 cm³/mol. The molecule has 0 aromatic heterocycles. The van der Waals surface area contributed by atoms with Crippen molar-refractivity contribution in [2.75, 3.05) is 13.1 Å². The highest BCUT2D eigenvalue weighted by atomic mass is 16.2. The number of nitrogens with two attached hydrogens (primary N) is 1. The molecule has 4 nitrogen and oxygen atoms in total. The number of amides is 1. The smallest absolute Gasteiger partial charge is 0.288 e. The Hall–Kier alpha value is -0.900. The molecule has 0 aromatic rings. The summed E-state index contributed by atoms with van der Waals surface area (Å²) < 4.78 is 0. The summed E-state index contributed by atoms with van der Waals surface area (Å²) in [5, 5.41) is 2.50. The predicted octanol–water partition coefficient (Wildman–Crippen LogP) is -0.179. The summed E-state index contributed by atoms with van der Waals surface area (Å²) >= 11 is 0. The van der Waals surface area contributed by atoms with E-state index in [1.807, 2.05) is 0 Å². The fourth-order valence-corrected chi connectivity index (χ4v) is 0.768. The third kappa shape index (κ3) is 4.85. The molecule has 0 bridgehead atoms. The summed E-state index contributed by atoms with van der Waals surface area (Å²) in [4.78, 5) is 21.4. The average Bonchev–Trinajstić information content (AvgIpc) is 2.10. The number of rotatable bonds is 6. The van der Waals surface area contributed by atoms with Gasteiger partial charge in [-0.1, -0.05) is 19.8 Å². The molecule has 0 unspecified atom stereocenters. The van der Waals surface area contributed by atoms with Crippen LogP contribution in [0.25, 0.3) is 0 Å². The van der Waals surface area contributed by atoms with E-state index in [0.717, 1.165) is 19.3 Å². The summed E-state index contributed by atoms with van der Waals surface area (Å²) in [5.74, 6) is -1.11. The second-order valence-electron chi connectivity index (χ2n) is 2.59. The molecule has 0 saturated heterocycles. The van der Waals surface area contributed by atoms with E-state index in [0.29, 0.717) is 6.54 Å². The van der Waals surface area contributed by atoms with Crippen molar-refractivity contribution in [1.82, 2.24) is 5.32 Å². The van der Waals surface area contributed by atoms with Crippen LogP contribution in [0.4, 0.5) is 0 Å². The van der Waals surface area contributed by atoms with Gasteiger partial charge >= 0.3 is 0 Å². The molecule has 3 N–H and O–H groups in total. The summed E-state index contributed by atoms with van der Waals surface area (Å²) in [5.41, 5.74) is 4.99. The fourth-order valence-electron chi connectivity index (χ4n) is 0.768. The van der Waals surface area contributed by atoms with Crippen LogP contribution in [0.15, 0.2) is 0 Å². The molecule has 0 aliphatic carbocycles. The highest BCUT2D eigenvalue weighted by molar-refractivity contribution is 6.36. The number of hydrogen-bond acceptors (Lipinski definition) is 3. The molecule has 0 saturated carbocycles. The SMILES string of the molecule is CCCCCNC(=O)C(=O)CN. The van der Waals surface area contributed by atoms with Gasteiger partial charge in [-0.2, -0.15) is 0 Å². The third-order valence-corrected chi connectivity index (χ3v) is 1.50. The molecule has 0 aliphatic heterocycles. The van der Waals surface area contributed by atoms with Crippen LogP contribution in [0.2, 0.25) is 0 Å². The Morgan fingerprint density at radius 1 is 1.33 bits per heavy atom. The molecule has 0 atom stereocenters. The fraction of sp³-hybridized carbons (Fsp3) is 0.750. The normalized spacial score (nSPS) is 9.50. The standard InChI is InChI=1S/C8H16N2O2/c1-2-3-4-5-10-8(12)7(11)6-9/h2-6,9H2,1H3,(H,10,12). The second-order valence-corrected chi connectivity index (χ2v) is 2.59. The zero-order valence-corrected chi connectivity index (χ0v) is 7.43. The zero-order valence-electron chi connectivity index (χ0n) is 7.43. The first kappa shape index (κ1) is 11.1. The van der Waals surface area contributed by atoms with E-state index in [1.54, 1.807) is 0 Å². The van der Waals surface area contributed by atoms with Crippen molar-refractivity contribution in [1.29, 1.82) is 0 Å². The number of carbonyl (C=O) groups is 2. The topological polar surface area (TPSA) is 72.2 Å². The first-order valence-electron chi connectivity index (χ1n) is 4.23. The summed E-state index contributed by atoms with van der Waals surface area (Å²) in [6, 6.07) is 0. The maximum absolute atomic E-state index is 10.8. The van der Waals surface area contributed by atoms with E-state index < -0.39 is 11.7 Å². The van der Waals surface area contributed by atoms with Crippen LogP contribution in [0.3, 0.4) is 0 Å². The minimum absolute atomic E-state index is 0.209. The van der Waals surface area contributed by atoms with Gasteiger partial charge in [0.2, 0.25) is 5.78 Å². The molecule has 0 radical (unpaired) electrons. The Morgan fingerprint density at radius 2 is 2.00 bits per heavy atom. The monoisotopic (exact) mass is 172 g/mol. The molecule has 0 spiro atoms. The van der Waals surface area contributed by atoms with Crippen LogP contribution in [0, 0.1) is 0 Å². The molecule has 0 aromatic carbocycles. The van der Waals surface area contributed by atoms with Crippen LogP contribution >= 0.6 is 0 Å². The highest BCUT2D eigenvalue weighted by Gasteiger charge is 2.08. The van der Waals surface area contributed by atoms with Gasteiger partial charge in [0.15, 0.2) is 0 Å². The largest absolute Gasteiger partial charge is 0.349 e. The number of carbonyl (C=O) groups excluding carboxylic acids is 2. The van der Waals surface area contributed by atoms with E-state index in [2.05, 4.69) is 12.2 Å². The maximum atomic E-state index is 10.8. The molecule has 70 valence electrons. The molecule has 1 amide bonds. The molecule has 0 rings (SSSR count). The van der Waals surface area contributed by atoms with Gasteiger partial charge in [-0.15, -0.1) is 0 Å². The van der Waals surface area contributed by atoms with Crippen molar-refractivity contribution < 1.29 is 9.59 Å². The van der Waals surface area contributed by atoms with Gasteiger partial charge in [-0.25, -0.2) is 0 Å². The van der Waals surface area contributed by atoms with E-state index in [4.69, 9.17) is 5.73 Å². The Balaban J connectivity index is 3.38. The van der Waals surface area contributed by atoms with Gasteiger partial charge in [0, 0.05) is 6.54 Å². The number of nitrogens with one attached hydrogen (secondary N) is 1. The Labute approximate surface area is 72.5 Å². The van der Waals surface area contributed by atoms with Crippen LogP contribution < -0.4 is 11.1 Å². The Kier molecular flexibility index (Phi) is 6.28. The first-order valence-corrected chi connectivity index (χ1v) is 4.23. The van der Waals surface area contributed by atoms with Crippen LogP contribution in [-0.2, 0) is 9.59 Å². The Bertz CT molecular complexity index is 157. The quantitative estimate of drug-likeness (QED) is 0.431. The molecule has 12 heavy (non-hydrogen) atoms. The molecular formula is C8H16N2O2. The molecule has 0 fully saturated rings. The number of ketones is 1. The molecule has 4 heteroatoms. The summed E-state index contributed by atoms with van der Waals surface area (Å²) in [7, 11) is 0. The van der Waals surface area contributed by atoms with Crippen molar-refractivity contribution >= 4 is 11.7 Å². The van der Waals surface area contributed by atoms with Crippen molar-refractivity contribution in [3.05, 3.63) is 0 Å². The maximum Gasteiger partial charge on any atom is 0.288 e. The van der Waals surface area contributed by atoms with Crippen LogP contribution in [0.5, 0.6) is 0 Å². The van der Waals surface area contributed by atoms with E-state index in [9.17, 15) is 9.59 Å². The van der Waals surface area contributed by atoms with Crippen LogP contribution in [0.1, 0.15) is 26.2 Å². The van der Waals surface area contributed by atoms with Gasteiger partial charge in [0.05, 0.1) is 6.54 Å². The lowest BCUT2D eigenvalue weighted by Crippen LogP contribution is -2.35. The van der Waals surface area contributed by atoms with Crippen molar-refractivity contribution in [3.8, 4) is 0 Å².